The Kier molecular flexibility index (Phi) is 5.81. The van der Waals surface area contributed by atoms with Crippen LogP contribution in [-0.4, -0.2) is 53.9 Å². The highest BCUT2D eigenvalue weighted by Crippen LogP contribution is 2.30. The first-order valence-electron chi connectivity index (χ1n) is 10.2. The number of hydrogen-bond acceptors (Lipinski definition) is 4. The van der Waals surface area contributed by atoms with Gasteiger partial charge in [0.05, 0.1) is 0 Å². The van der Waals surface area contributed by atoms with Gasteiger partial charge in [0.1, 0.15) is 5.75 Å². The molecule has 2 N–H and O–H groups in total. The Morgan fingerprint density at radius 2 is 1.83 bits per heavy atom. The molecule has 152 valence electrons. The van der Waals surface area contributed by atoms with E-state index >= 15 is 0 Å². The summed E-state index contributed by atoms with van der Waals surface area (Å²) in [5.41, 5.74) is 7.04. The van der Waals surface area contributed by atoms with Gasteiger partial charge in [-0.05, 0) is 42.5 Å². The number of benzene rings is 2. The molecule has 6 heteroatoms. The van der Waals surface area contributed by atoms with Crippen molar-refractivity contribution in [2.24, 2.45) is 11.7 Å². The van der Waals surface area contributed by atoms with E-state index in [4.69, 9.17) is 10.5 Å². The fourth-order valence-corrected chi connectivity index (χ4v) is 4.41. The lowest BCUT2D eigenvalue weighted by Gasteiger charge is -2.36. The Hall–Kier alpha value is -2.86. The molecule has 0 radical (unpaired) electrons. The molecule has 0 aliphatic carbocycles. The van der Waals surface area contributed by atoms with Crippen LogP contribution in [0.25, 0.3) is 0 Å². The van der Waals surface area contributed by atoms with Gasteiger partial charge in [0.15, 0.2) is 6.61 Å². The van der Waals surface area contributed by atoms with Gasteiger partial charge < -0.3 is 15.4 Å². The molecule has 0 spiro atoms. The molecule has 0 aromatic heterocycles. The van der Waals surface area contributed by atoms with Crippen LogP contribution < -0.4 is 10.5 Å². The van der Waals surface area contributed by atoms with Crippen molar-refractivity contribution in [3.05, 3.63) is 65.7 Å². The van der Waals surface area contributed by atoms with E-state index in [2.05, 4.69) is 29.2 Å². The lowest BCUT2D eigenvalue weighted by atomic mass is 9.94. The van der Waals surface area contributed by atoms with Gasteiger partial charge in [0.2, 0.25) is 0 Å². The summed E-state index contributed by atoms with van der Waals surface area (Å²) in [5, 5.41) is 0. The fraction of sp³-hybridized carbons (Fsp3) is 0.391. The average Bonchev–Trinajstić information content (AvgIpc) is 3.04. The molecule has 0 unspecified atom stereocenters. The van der Waals surface area contributed by atoms with Crippen LogP contribution in [0.15, 0.2) is 54.6 Å². The summed E-state index contributed by atoms with van der Waals surface area (Å²) in [7, 11) is 0. The predicted molar refractivity (Wildman–Crippen MR) is 110 cm³/mol. The van der Waals surface area contributed by atoms with Crippen LogP contribution in [0, 0.1) is 5.92 Å². The predicted octanol–water partition coefficient (Wildman–Crippen LogP) is 2.29. The van der Waals surface area contributed by atoms with Gasteiger partial charge in [-0.2, -0.15) is 0 Å². The zero-order chi connectivity index (χ0) is 20.2. The zero-order valence-electron chi connectivity index (χ0n) is 16.5. The van der Waals surface area contributed by atoms with Crippen LogP contribution in [0.1, 0.15) is 28.8 Å². The first kappa shape index (κ1) is 19.5. The SMILES string of the molecule is NC(=O)COc1cccc(C(=O)N2C[C@@H]3CC[C@H](C2)N(Cc2ccccc2)C3)c1. The number of carbonyl (C=O) groups excluding carboxylic acids is 2. The number of nitrogens with zero attached hydrogens (tertiary/aromatic N) is 2. The van der Waals surface area contributed by atoms with Crippen molar-refractivity contribution in [3.8, 4) is 5.75 Å². The summed E-state index contributed by atoms with van der Waals surface area (Å²) in [6.45, 7) is 3.30. The third kappa shape index (κ3) is 4.77. The second-order valence-corrected chi connectivity index (χ2v) is 8.01. The summed E-state index contributed by atoms with van der Waals surface area (Å²) >= 11 is 0. The number of carbonyl (C=O) groups is 2. The molecule has 2 amide bonds. The van der Waals surface area contributed by atoms with E-state index in [1.807, 2.05) is 11.0 Å². The maximum atomic E-state index is 13.2. The molecule has 3 aliphatic rings. The quantitative estimate of drug-likeness (QED) is 0.817. The van der Waals surface area contributed by atoms with E-state index in [1.54, 1.807) is 24.3 Å². The third-order valence-corrected chi connectivity index (χ3v) is 5.80. The second kappa shape index (κ2) is 8.66. The number of piperidine rings is 1. The molecule has 3 aliphatic heterocycles. The summed E-state index contributed by atoms with van der Waals surface area (Å²) in [6.07, 6.45) is 2.30. The normalized spacial score (nSPS) is 21.6. The van der Waals surface area contributed by atoms with Crippen LogP contribution in [0.4, 0.5) is 0 Å². The zero-order valence-corrected chi connectivity index (χ0v) is 16.5. The molecule has 2 aromatic carbocycles. The van der Waals surface area contributed by atoms with E-state index in [9.17, 15) is 9.59 Å². The number of rotatable bonds is 6. The van der Waals surface area contributed by atoms with Gasteiger partial charge >= 0.3 is 0 Å². The molecular formula is C23H27N3O3. The number of amides is 2. The van der Waals surface area contributed by atoms with Crippen LogP contribution in [-0.2, 0) is 11.3 Å². The highest BCUT2D eigenvalue weighted by molar-refractivity contribution is 5.94. The van der Waals surface area contributed by atoms with Crippen LogP contribution >= 0.6 is 0 Å². The largest absolute Gasteiger partial charge is 0.484 e. The number of nitrogens with two attached hydrogens (primary N) is 1. The molecule has 6 nitrogen and oxygen atoms in total. The minimum Gasteiger partial charge on any atom is -0.484 e. The van der Waals surface area contributed by atoms with E-state index in [-0.39, 0.29) is 12.5 Å². The van der Waals surface area contributed by atoms with Crippen molar-refractivity contribution in [1.29, 1.82) is 0 Å². The van der Waals surface area contributed by atoms with Crippen molar-refractivity contribution in [1.82, 2.24) is 9.80 Å². The smallest absolute Gasteiger partial charge is 0.255 e. The Balaban J connectivity index is 1.45. The Morgan fingerprint density at radius 3 is 2.62 bits per heavy atom. The number of fused-ring (bicyclic) bond motifs is 4. The molecule has 0 saturated carbocycles. The molecule has 3 heterocycles. The summed E-state index contributed by atoms with van der Waals surface area (Å²) in [6, 6.07) is 17.9. The molecular weight excluding hydrogens is 366 g/mol. The monoisotopic (exact) mass is 393 g/mol. The van der Waals surface area contributed by atoms with Crippen molar-refractivity contribution >= 4 is 11.8 Å². The Morgan fingerprint density at radius 1 is 1.00 bits per heavy atom. The van der Waals surface area contributed by atoms with Crippen molar-refractivity contribution in [2.45, 2.75) is 25.4 Å². The van der Waals surface area contributed by atoms with Gasteiger partial charge in [0.25, 0.3) is 11.8 Å². The Bertz CT molecular complexity index is 871. The maximum Gasteiger partial charge on any atom is 0.255 e. The standard InChI is InChI=1S/C23H27N3O3/c24-22(27)16-29-21-8-4-7-19(11-21)23(28)26-14-18-9-10-20(15-26)25(13-18)12-17-5-2-1-3-6-17/h1-8,11,18,20H,9-10,12-16H2,(H2,24,27)/t18-,20-/m1/s1. The average molecular weight is 393 g/mol. The molecule has 29 heavy (non-hydrogen) atoms. The first-order chi connectivity index (χ1) is 14.1. The maximum absolute atomic E-state index is 13.2. The summed E-state index contributed by atoms with van der Waals surface area (Å²) < 4.78 is 5.35. The lowest BCUT2D eigenvalue weighted by molar-refractivity contribution is -0.119. The van der Waals surface area contributed by atoms with E-state index in [1.165, 1.54) is 12.0 Å². The molecule has 5 rings (SSSR count). The van der Waals surface area contributed by atoms with Gasteiger partial charge in [-0.3, -0.25) is 14.5 Å². The highest BCUT2D eigenvalue weighted by Gasteiger charge is 2.36. The van der Waals surface area contributed by atoms with E-state index in [0.717, 1.165) is 32.6 Å². The molecule has 3 fully saturated rings. The van der Waals surface area contributed by atoms with Crippen molar-refractivity contribution < 1.29 is 14.3 Å². The topological polar surface area (TPSA) is 75.9 Å². The molecule has 2 aromatic rings. The molecule has 2 bridgehead atoms. The van der Waals surface area contributed by atoms with Gasteiger partial charge in [-0.15, -0.1) is 0 Å². The first-order valence-corrected chi connectivity index (χ1v) is 10.2. The van der Waals surface area contributed by atoms with E-state index < -0.39 is 5.91 Å². The molecule has 3 saturated heterocycles. The number of ether oxygens (including phenoxy) is 1. The van der Waals surface area contributed by atoms with Crippen LogP contribution in [0.2, 0.25) is 0 Å². The highest BCUT2D eigenvalue weighted by atomic mass is 16.5. The van der Waals surface area contributed by atoms with Crippen molar-refractivity contribution in [2.75, 3.05) is 26.2 Å². The number of primary amides is 1. The minimum atomic E-state index is -0.538. The lowest BCUT2D eigenvalue weighted by Crippen LogP contribution is -2.43. The minimum absolute atomic E-state index is 0.0213. The second-order valence-electron chi connectivity index (χ2n) is 8.01. The van der Waals surface area contributed by atoms with Crippen LogP contribution in [0.3, 0.4) is 0 Å². The van der Waals surface area contributed by atoms with E-state index in [0.29, 0.717) is 23.3 Å². The fourth-order valence-electron chi connectivity index (χ4n) is 4.41. The van der Waals surface area contributed by atoms with Gasteiger partial charge in [-0.25, -0.2) is 0 Å². The molecule has 2 atom stereocenters. The van der Waals surface area contributed by atoms with Crippen LogP contribution in [0.5, 0.6) is 5.75 Å². The Labute approximate surface area is 171 Å². The van der Waals surface area contributed by atoms with Gasteiger partial charge in [0, 0.05) is 37.8 Å². The van der Waals surface area contributed by atoms with Gasteiger partial charge in [-0.1, -0.05) is 36.4 Å². The van der Waals surface area contributed by atoms with Crippen molar-refractivity contribution in [3.63, 3.8) is 0 Å². The number of hydrogen-bond donors (Lipinski definition) is 1. The summed E-state index contributed by atoms with van der Waals surface area (Å²) in [4.78, 5) is 28.6. The summed E-state index contributed by atoms with van der Waals surface area (Å²) in [5.74, 6) is 0.464. The third-order valence-electron chi connectivity index (χ3n) is 5.80.